The fraction of sp³-hybridized carbons (Fsp3) is 0.800. The molecule has 0 amide bonds. The van der Waals surface area contributed by atoms with Crippen LogP contribution >= 0.6 is 0 Å². The molecule has 11 heavy (non-hydrogen) atoms. The van der Waals surface area contributed by atoms with Crippen LogP contribution in [0.2, 0.25) is 0 Å². The zero-order valence-corrected chi connectivity index (χ0v) is 8.19. The Morgan fingerprint density at radius 2 is 1.82 bits per heavy atom. The van der Waals surface area contributed by atoms with Gasteiger partial charge in [-0.25, -0.2) is 0 Å². The fourth-order valence-corrected chi connectivity index (χ4v) is 1.79. The summed E-state index contributed by atoms with van der Waals surface area (Å²) in [6, 6.07) is 0. The molecule has 1 unspecified atom stereocenters. The lowest BCUT2D eigenvalue weighted by Gasteiger charge is -2.52. The predicted octanol–water partition coefficient (Wildman–Crippen LogP) is 2.97. The quantitative estimate of drug-likeness (QED) is 0.521. The smallest absolute Gasteiger partial charge is 0.115 e. The Bertz CT molecular complexity index is 184. The second kappa shape index (κ2) is 2.02. The Kier molecular flexibility index (Phi) is 1.59. The van der Waals surface area contributed by atoms with E-state index in [9.17, 15) is 0 Å². The Balaban J connectivity index is 2.75. The van der Waals surface area contributed by atoms with E-state index in [1.54, 1.807) is 0 Å². The van der Waals surface area contributed by atoms with Gasteiger partial charge in [0.1, 0.15) is 6.10 Å². The number of rotatable bonds is 0. The first-order chi connectivity index (χ1) is 4.76. The molecule has 0 N–H and O–H groups in total. The van der Waals surface area contributed by atoms with E-state index >= 15 is 0 Å². The second-order valence-electron chi connectivity index (χ2n) is 5.01. The number of hydrogen-bond acceptors (Lipinski definition) is 1. The van der Waals surface area contributed by atoms with Crippen molar-refractivity contribution in [2.45, 2.75) is 40.7 Å². The van der Waals surface area contributed by atoms with E-state index in [2.05, 4.69) is 41.2 Å². The van der Waals surface area contributed by atoms with Crippen LogP contribution in [0.3, 0.4) is 0 Å². The third-order valence-electron chi connectivity index (χ3n) is 2.42. The second-order valence-corrected chi connectivity index (χ2v) is 5.01. The van der Waals surface area contributed by atoms with E-state index in [-0.39, 0.29) is 10.8 Å². The highest BCUT2D eigenvalue weighted by Gasteiger charge is 2.51. The topological polar surface area (TPSA) is 9.23 Å². The largest absolute Gasteiger partial charge is 0.493 e. The summed E-state index contributed by atoms with van der Waals surface area (Å²) in [6.45, 7) is 14.8. The van der Waals surface area contributed by atoms with Gasteiger partial charge in [0.2, 0.25) is 0 Å². The molecule has 1 rings (SSSR count). The standard InChI is InChI=1S/C10H18O/c1-7-10(5,6)8(11-7)9(2,3)4/h8H,1H2,2-6H3. The summed E-state index contributed by atoms with van der Waals surface area (Å²) in [7, 11) is 0. The summed E-state index contributed by atoms with van der Waals surface area (Å²) in [4.78, 5) is 0. The molecule has 64 valence electrons. The summed E-state index contributed by atoms with van der Waals surface area (Å²) in [6.07, 6.45) is 0.322. The van der Waals surface area contributed by atoms with Gasteiger partial charge in [-0.3, -0.25) is 0 Å². The van der Waals surface area contributed by atoms with Crippen LogP contribution < -0.4 is 0 Å². The van der Waals surface area contributed by atoms with E-state index in [0.29, 0.717) is 6.10 Å². The van der Waals surface area contributed by atoms with Crippen LogP contribution in [0.4, 0.5) is 0 Å². The Morgan fingerprint density at radius 3 is 1.91 bits per heavy atom. The number of ether oxygens (including phenoxy) is 1. The molecule has 1 heteroatoms. The molecule has 0 bridgehead atoms. The molecule has 0 aliphatic carbocycles. The average Bonchev–Trinajstić information content (AvgIpc) is 1.80. The van der Waals surface area contributed by atoms with Crippen LogP contribution in [0.1, 0.15) is 34.6 Å². The minimum absolute atomic E-state index is 0.165. The number of hydrogen-bond donors (Lipinski definition) is 0. The Labute approximate surface area is 69.4 Å². The van der Waals surface area contributed by atoms with Crippen molar-refractivity contribution in [3.8, 4) is 0 Å². The molecule has 0 saturated carbocycles. The maximum absolute atomic E-state index is 5.52. The first kappa shape index (κ1) is 8.63. The van der Waals surface area contributed by atoms with Gasteiger partial charge in [-0.05, 0) is 19.3 Å². The van der Waals surface area contributed by atoms with Gasteiger partial charge in [0.15, 0.2) is 0 Å². The van der Waals surface area contributed by atoms with Gasteiger partial charge in [-0.1, -0.05) is 27.4 Å². The molecule has 1 nitrogen and oxygen atoms in total. The van der Waals surface area contributed by atoms with Crippen molar-refractivity contribution in [2.75, 3.05) is 0 Å². The van der Waals surface area contributed by atoms with Gasteiger partial charge in [0, 0.05) is 0 Å². The SMILES string of the molecule is C=C1OC(C(C)(C)C)C1(C)C. The normalized spacial score (nSPS) is 29.2. The molecule has 1 aliphatic heterocycles. The summed E-state index contributed by atoms with van der Waals surface area (Å²) in [5.41, 5.74) is 0.392. The lowest BCUT2D eigenvalue weighted by atomic mass is 9.68. The van der Waals surface area contributed by atoms with Crippen molar-refractivity contribution in [3.05, 3.63) is 12.3 Å². The maximum atomic E-state index is 5.52. The van der Waals surface area contributed by atoms with E-state index in [0.717, 1.165) is 5.76 Å². The van der Waals surface area contributed by atoms with Crippen LogP contribution in [-0.4, -0.2) is 6.10 Å². The monoisotopic (exact) mass is 154 g/mol. The van der Waals surface area contributed by atoms with Crippen molar-refractivity contribution in [1.29, 1.82) is 0 Å². The Morgan fingerprint density at radius 1 is 1.36 bits per heavy atom. The molecule has 1 atom stereocenters. The highest BCUT2D eigenvalue weighted by Crippen LogP contribution is 2.50. The van der Waals surface area contributed by atoms with Crippen molar-refractivity contribution in [3.63, 3.8) is 0 Å². The molecule has 1 aliphatic rings. The van der Waals surface area contributed by atoms with Crippen molar-refractivity contribution < 1.29 is 4.74 Å². The molecular weight excluding hydrogens is 136 g/mol. The lowest BCUT2D eigenvalue weighted by Crippen LogP contribution is -2.52. The minimum atomic E-state index is 0.165. The van der Waals surface area contributed by atoms with Gasteiger partial charge in [-0.15, -0.1) is 0 Å². The van der Waals surface area contributed by atoms with Gasteiger partial charge >= 0.3 is 0 Å². The molecular formula is C10H18O. The van der Waals surface area contributed by atoms with E-state index in [1.807, 2.05) is 0 Å². The van der Waals surface area contributed by atoms with E-state index in [4.69, 9.17) is 4.74 Å². The Hall–Kier alpha value is -0.460. The maximum Gasteiger partial charge on any atom is 0.115 e. The zero-order valence-electron chi connectivity index (χ0n) is 8.19. The first-order valence-corrected chi connectivity index (χ1v) is 4.12. The van der Waals surface area contributed by atoms with Crippen molar-refractivity contribution >= 4 is 0 Å². The zero-order chi connectivity index (χ0) is 8.86. The van der Waals surface area contributed by atoms with E-state index in [1.165, 1.54) is 0 Å². The molecule has 1 heterocycles. The summed E-state index contributed by atoms with van der Waals surface area (Å²) >= 11 is 0. The van der Waals surface area contributed by atoms with E-state index < -0.39 is 0 Å². The van der Waals surface area contributed by atoms with Gasteiger partial charge < -0.3 is 4.74 Å². The highest BCUT2D eigenvalue weighted by molar-refractivity contribution is 5.15. The summed E-state index contributed by atoms with van der Waals surface area (Å²) in [5.74, 6) is 0.928. The molecule has 1 fully saturated rings. The molecule has 0 aromatic rings. The lowest BCUT2D eigenvalue weighted by molar-refractivity contribution is -0.151. The van der Waals surface area contributed by atoms with Crippen molar-refractivity contribution in [2.24, 2.45) is 10.8 Å². The molecule has 0 aromatic heterocycles. The summed E-state index contributed by atoms with van der Waals surface area (Å²) in [5, 5.41) is 0. The minimum Gasteiger partial charge on any atom is -0.493 e. The molecule has 0 spiro atoms. The molecule has 0 aromatic carbocycles. The molecule has 0 radical (unpaired) electrons. The highest BCUT2D eigenvalue weighted by atomic mass is 16.5. The average molecular weight is 154 g/mol. The molecule has 1 saturated heterocycles. The van der Waals surface area contributed by atoms with Crippen LogP contribution in [0.5, 0.6) is 0 Å². The van der Waals surface area contributed by atoms with Crippen LogP contribution in [-0.2, 0) is 4.74 Å². The van der Waals surface area contributed by atoms with Gasteiger partial charge in [0.25, 0.3) is 0 Å². The van der Waals surface area contributed by atoms with Gasteiger partial charge in [0.05, 0.1) is 11.2 Å². The summed E-state index contributed by atoms with van der Waals surface area (Å²) < 4.78 is 5.52. The third kappa shape index (κ3) is 1.17. The predicted molar refractivity (Wildman–Crippen MR) is 47.2 cm³/mol. The fourth-order valence-electron chi connectivity index (χ4n) is 1.79. The van der Waals surface area contributed by atoms with Crippen molar-refractivity contribution in [1.82, 2.24) is 0 Å². The first-order valence-electron chi connectivity index (χ1n) is 4.12. The van der Waals surface area contributed by atoms with Gasteiger partial charge in [-0.2, -0.15) is 0 Å². The van der Waals surface area contributed by atoms with Crippen LogP contribution in [0.25, 0.3) is 0 Å². The van der Waals surface area contributed by atoms with Crippen LogP contribution in [0.15, 0.2) is 12.3 Å². The van der Waals surface area contributed by atoms with Crippen LogP contribution in [0, 0.1) is 10.8 Å². The third-order valence-corrected chi connectivity index (χ3v) is 2.42.